The first-order valence-electron chi connectivity index (χ1n) is 6.43. The van der Waals surface area contributed by atoms with Crippen molar-refractivity contribution in [2.24, 2.45) is 5.92 Å². The third-order valence-corrected chi connectivity index (χ3v) is 3.48. The Labute approximate surface area is 103 Å². The van der Waals surface area contributed by atoms with Crippen LogP contribution in [0.3, 0.4) is 0 Å². The van der Waals surface area contributed by atoms with E-state index in [0.29, 0.717) is 11.8 Å². The Bertz CT molecular complexity index is 369. The van der Waals surface area contributed by atoms with Crippen LogP contribution in [-0.2, 0) is 0 Å². The number of phenolic OH excluding ortho intramolecular Hbond substituents is 1. The molecular weight excluding hydrogens is 210 g/mol. The number of phenols is 1. The molecule has 17 heavy (non-hydrogen) atoms. The van der Waals surface area contributed by atoms with Gasteiger partial charge >= 0.3 is 0 Å². The lowest BCUT2D eigenvalue weighted by atomic mass is 9.94. The second-order valence-electron chi connectivity index (χ2n) is 4.87. The predicted molar refractivity (Wildman–Crippen MR) is 71.0 cm³/mol. The Hall–Kier alpha value is -1.28. The molecule has 0 saturated carbocycles. The van der Waals surface area contributed by atoms with Crippen molar-refractivity contribution in [2.75, 3.05) is 6.54 Å². The van der Waals surface area contributed by atoms with Gasteiger partial charge in [0.15, 0.2) is 0 Å². The predicted octanol–water partition coefficient (Wildman–Crippen LogP) is 3.40. The first-order chi connectivity index (χ1) is 8.25. The number of benzene rings is 1. The Kier molecular flexibility index (Phi) is 4.21. The Balaban J connectivity index is 1.82. The van der Waals surface area contributed by atoms with E-state index in [9.17, 15) is 5.11 Å². The minimum absolute atomic E-state index is 0.332. The fraction of sp³-hybridized carbons (Fsp3) is 0.467. The molecular formula is C15H21NO. The second kappa shape index (κ2) is 5.87. The lowest BCUT2D eigenvalue weighted by molar-refractivity contribution is 0.415. The van der Waals surface area contributed by atoms with Gasteiger partial charge in [0, 0.05) is 6.04 Å². The van der Waals surface area contributed by atoms with E-state index in [2.05, 4.69) is 24.4 Å². The normalized spacial score (nSPS) is 21.4. The highest BCUT2D eigenvalue weighted by Gasteiger charge is 2.11. The zero-order valence-corrected chi connectivity index (χ0v) is 10.4. The van der Waals surface area contributed by atoms with Crippen molar-refractivity contribution in [2.45, 2.75) is 32.2 Å². The van der Waals surface area contributed by atoms with E-state index in [4.69, 9.17) is 0 Å². The molecule has 1 aliphatic carbocycles. The average Bonchev–Trinajstić information content (AvgIpc) is 2.38. The molecule has 0 spiro atoms. The van der Waals surface area contributed by atoms with Crippen LogP contribution in [-0.4, -0.2) is 11.7 Å². The van der Waals surface area contributed by atoms with Gasteiger partial charge in [0.25, 0.3) is 0 Å². The van der Waals surface area contributed by atoms with Crippen LogP contribution in [0, 0.1) is 5.92 Å². The third-order valence-electron chi connectivity index (χ3n) is 3.48. The molecule has 0 saturated heterocycles. The largest absolute Gasteiger partial charge is 0.508 e. The van der Waals surface area contributed by atoms with Crippen LogP contribution in [0.5, 0.6) is 5.75 Å². The van der Waals surface area contributed by atoms with Gasteiger partial charge in [-0.2, -0.15) is 0 Å². The van der Waals surface area contributed by atoms with Crippen molar-refractivity contribution < 1.29 is 5.11 Å². The number of allylic oxidation sites excluding steroid dienone is 2. The molecule has 2 atom stereocenters. The van der Waals surface area contributed by atoms with Gasteiger partial charge < -0.3 is 10.4 Å². The molecule has 1 aromatic rings. The third kappa shape index (κ3) is 3.60. The number of hydrogen-bond acceptors (Lipinski definition) is 2. The molecule has 0 aromatic heterocycles. The first kappa shape index (κ1) is 12.2. The minimum atomic E-state index is 0.332. The second-order valence-corrected chi connectivity index (χ2v) is 4.87. The summed E-state index contributed by atoms with van der Waals surface area (Å²) in [4.78, 5) is 0. The Morgan fingerprint density at radius 1 is 1.29 bits per heavy atom. The van der Waals surface area contributed by atoms with Crippen molar-refractivity contribution in [3.63, 3.8) is 0 Å². The highest BCUT2D eigenvalue weighted by atomic mass is 16.3. The maximum absolute atomic E-state index is 9.24. The summed E-state index contributed by atoms with van der Waals surface area (Å²) in [6, 6.07) is 7.80. The molecule has 2 nitrogen and oxygen atoms in total. The maximum atomic E-state index is 9.24. The van der Waals surface area contributed by atoms with Gasteiger partial charge in [-0.3, -0.25) is 0 Å². The van der Waals surface area contributed by atoms with Gasteiger partial charge in [-0.25, -0.2) is 0 Å². The summed E-state index contributed by atoms with van der Waals surface area (Å²) in [5, 5.41) is 12.8. The summed E-state index contributed by atoms with van der Waals surface area (Å²) in [6.07, 6.45) is 8.29. The molecule has 1 aliphatic rings. The van der Waals surface area contributed by atoms with Crippen molar-refractivity contribution >= 4 is 0 Å². The van der Waals surface area contributed by atoms with Crippen LogP contribution in [0.2, 0.25) is 0 Å². The maximum Gasteiger partial charge on any atom is 0.115 e. The molecule has 0 bridgehead atoms. The fourth-order valence-electron chi connectivity index (χ4n) is 2.27. The number of aromatic hydroxyl groups is 1. The molecule has 2 heteroatoms. The Morgan fingerprint density at radius 2 is 2.06 bits per heavy atom. The van der Waals surface area contributed by atoms with Crippen molar-refractivity contribution in [1.29, 1.82) is 0 Å². The van der Waals surface area contributed by atoms with Gasteiger partial charge in [0.05, 0.1) is 0 Å². The minimum Gasteiger partial charge on any atom is -0.508 e. The van der Waals surface area contributed by atoms with Gasteiger partial charge in [-0.1, -0.05) is 24.3 Å². The number of rotatable bonds is 4. The van der Waals surface area contributed by atoms with Gasteiger partial charge in [-0.05, 0) is 56.3 Å². The lowest BCUT2D eigenvalue weighted by Gasteiger charge is -2.21. The molecule has 0 amide bonds. The van der Waals surface area contributed by atoms with E-state index < -0.39 is 0 Å². The highest BCUT2D eigenvalue weighted by molar-refractivity contribution is 5.27. The van der Waals surface area contributed by atoms with Crippen molar-refractivity contribution in [3.05, 3.63) is 42.0 Å². The molecule has 2 unspecified atom stereocenters. The molecule has 0 heterocycles. The van der Waals surface area contributed by atoms with Crippen LogP contribution in [0.15, 0.2) is 36.4 Å². The van der Waals surface area contributed by atoms with E-state index in [1.165, 1.54) is 24.8 Å². The van der Waals surface area contributed by atoms with Crippen LogP contribution < -0.4 is 5.32 Å². The number of hydrogen-bond donors (Lipinski definition) is 2. The number of nitrogens with one attached hydrogen (secondary N) is 1. The summed E-state index contributed by atoms with van der Waals surface area (Å²) < 4.78 is 0. The zero-order chi connectivity index (χ0) is 12.1. The first-order valence-corrected chi connectivity index (χ1v) is 6.43. The summed E-state index contributed by atoms with van der Waals surface area (Å²) in [7, 11) is 0. The molecule has 2 N–H and O–H groups in total. The standard InChI is InChI=1S/C15H21NO/c1-12(14-7-9-15(17)10-8-14)16-11-13-5-3-2-4-6-13/h2-3,7-10,12-13,16-17H,4-6,11H2,1H3. The average molecular weight is 231 g/mol. The lowest BCUT2D eigenvalue weighted by Crippen LogP contribution is -2.26. The molecule has 0 aliphatic heterocycles. The van der Waals surface area contributed by atoms with E-state index in [0.717, 1.165) is 12.5 Å². The van der Waals surface area contributed by atoms with Crippen molar-refractivity contribution in [1.82, 2.24) is 5.32 Å². The summed E-state index contributed by atoms with van der Waals surface area (Å²) in [5.74, 6) is 1.11. The van der Waals surface area contributed by atoms with Crippen LogP contribution >= 0.6 is 0 Å². The van der Waals surface area contributed by atoms with Crippen LogP contribution in [0.4, 0.5) is 0 Å². The Morgan fingerprint density at radius 3 is 2.71 bits per heavy atom. The molecule has 0 radical (unpaired) electrons. The van der Waals surface area contributed by atoms with E-state index in [-0.39, 0.29) is 0 Å². The smallest absolute Gasteiger partial charge is 0.115 e. The monoisotopic (exact) mass is 231 g/mol. The summed E-state index contributed by atoms with van der Waals surface area (Å²) in [5.41, 5.74) is 1.23. The van der Waals surface area contributed by atoms with E-state index in [1.807, 2.05) is 12.1 Å². The zero-order valence-electron chi connectivity index (χ0n) is 10.4. The van der Waals surface area contributed by atoms with Gasteiger partial charge in [-0.15, -0.1) is 0 Å². The van der Waals surface area contributed by atoms with Crippen LogP contribution in [0.1, 0.15) is 37.8 Å². The molecule has 2 rings (SSSR count). The highest BCUT2D eigenvalue weighted by Crippen LogP contribution is 2.20. The summed E-state index contributed by atoms with van der Waals surface area (Å²) >= 11 is 0. The SMILES string of the molecule is CC(NCC1CC=CCC1)c1ccc(O)cc1. The van der Waals surface area contributed by atoms with E-state index in [1.54, 1.807) is 12.1 Å². The quantitative estimate of drug-likeness (QED) is 0.778. The summed E-state index contributed by atoms with van der Waals surface area (Å²) in [6.45, 7) is 3.25. The van der Waals surface area contributed by atoms with E-state index >= 15 is 0 Å². The van der Waals surface area contributed by atoms with Gasteiger partial charge in [0.1, 0.15) is 5.75 Å². The fourth-order valence-corrected chi connectivity index (χ4v) is 2.27. The van der Waals surface area contributed by atoms with Gasteiger partial charge in [0.2, 0.25) is 0 Å². The van der Waals surface area contributed by atoms with Crippen molar-refractivity contribution in [3.8, 4) is 5.75 Å². The molecule has 92 valence electrons. The molecule has 1 aromatic carbocycles. The topological polar surface area (TPSA) is 32.3 Å². The van der Waals surface area contributed by atoms with Crippen LogP contribution in [0.25, 0.3) is 0 Å². The molecule has 0 fully saturated rings.